The molecule has 1 unspecified atom stereocenters. The molecule has 0 radical (unpaired) electrons. The summed E-state index contributed by atoms with van der Waals surface area (Å²) in [5, 5.41) is 0. The van der Waals surface area contributed by atoms with E-state index in [2.05, 4.69) is 4.90 Å². The van der Waals surface area contributed by atoms with Crippen molar-refractivity contribution in [3.63, 3.8) is 0 Å². The van der Waals surface area contributed by atoms with Crippen molar-refractivity contribution >= 4 is 12.0 Å². The molecule has 7 heteroatoms. The Morgan fingerprint density at radius 2 is 1.78 bits per heavy atom. The fraction of sp³-hybridized carbons (Fsp3) is 0.600. The van der Waals surface area contributed by atoms with Gasteiger partial charge in [0.25, 0.3) is 0 Å². The number of likely N-dealkylation sites (tertiary alicyclic amines) is 1. The Morgan fingerprint density at radius 1 is 1.04 bits per heavy atom. The summed E-state index contributed by atoms with van der Waals surface area (Å²) in [6.45, 7) is 5.11. The number of ether oxygens (including phenoxy) is 2. The van der Waals surface area contributed by atoms with E-state index in [1.165, 1.54) is 7.11 Å². The van der Waals surface area contributed by atoms with Crippen molar-refractivity contribution in [2.75, 3.05) is 53.0 Å². The molecule has 0 spiro atoms. The van der Waals surface area contributed by atoms with Crippen LogP contribution >= 0.6 is 0 Å². The molecular weight excluding hydrogens is 346 g/mol. The van der Waals surface area contributed by atoms with Crippen molar-refractivity contribution in [2.45, 2.75) is 25.3 Å². The standard InChI is InChI=1S/C20H29N3O4/c1-26-20(25)23-10-6-5-9-18(23)19(24)22-13-11-21(12-14-22)15-16-27-17-7-3-2-4-8-17/h2-4,7-8,18H,5-6,9-16H2,1H3. The molecule has 0 aliphatic carbocycles. The summed E-state index contributed by atoms with van der Waals surface area (Å²) >= 11 is 0. The van der Waals surface area contributed by atoms with E-state index in [0.29, 0.717) is 26.2 Å². The number of methoxy groups -OCH3 is 1. The van der Waals surface area contributed by atoms with E-state index in [9.17, 15) is 9.59 Å². The predicted octanol–water partition coefficient (Wildman–Crippen LogP) is 1.83. The van der Waals surface area contributed by atoms with Gasteiger partial charge in [-0.15, -0.1) is 0 Å². The second-order valence-corrected chi connectivity index (χ2v) is 7.00. The molecule has 2 aliphatic heterocycles. The van der Waals surface area contributed by atoms with E-state index >= 15 is 0 Å². The lowest BCUT2D eigenvalue weighted by atomic mass is 10.0. The number of carbonyl (C=O) groups is 2. The highest BCUT2D eigenvalue weighted by atomic mass is 16.5. The van der Waals surface area contributed by atoms with Gasteiger partial charge in [-0.1, -0.05) is 18.2 Å². The lowest BCUT2D eigenvalue weighted by Gasteiger charge is -2.40. The molecule has 2 fully saturated rings. The van der Waals surface area contributed by atoms with Crippen LogP contribution in [0, 0.1) is 0 Å². The number of piperazine rings is 1. The number of amides is 2. The number of hydrogen-bond acceptors (Lipinski definition) is 5. The minimum atomic E-state index is -0.398. The van der Waals surface area contributed by atoms with Crippen molar-refractivity contribution in [1.82, 2.24) is 14.7 Å². The van der Waals surface area contributed by atoms with Gasteiger partial charge < -0.3 is 14.4 Å². The Kier molecular flexibility index (Phi) is 6.92. The third-order valence-corrected chi connectivity index (χ3v) is 5.30. The maximum Gasteiger partial charge on any atom is 0.410 e. The van der Waals surface area contributed by atoms with E-state index in [0.717, 1.165) is 44.6 Å². The van der Waals surface area contributed by atoms with Crippen molar-refractivity contribution < 1.29 is 19.1 Å². The first kappa shape index (κ1) is 19.5. The summed E-state index contributed by atoms with van der Waals surface area (Å²) in [5.74, 6) is 0.937. The van der Waals surface area contributed by atoms with Gasteiger partial charge in [0.1, 0.15) is 18.4 Å². The van der Waals surface area contributed by atoms with Gasteiger partial charge in [-0.05, 0) is 31.4 Å². The Morgan fingerprint density at radius 3 is 2.48 bits per heavy atom. The van der Waals surface area contributed by atoms with E-state index in [1.54, 1.807) is 4.90 Å². The summed E-state index contributed by atoms with van der Waals surface area (Å²) in [6.07, 6.45) is 2.22. The number of benzene rings is 1. The Labute approximate surface area is 160 Å². The van der Waals surface area contributed by atoms with E-state index in [-0.39, 0.29) is 11.9 Å². The van der Waals surface area contributed by atoms with Gasteiger partial charge in [0.15, 0.2) is 0 Å². The first-order chi connectivity index (χ1) is 13.2. The van der Waals surface area contributed by atoms with Crippen molar-refractivity contribution in [3.05, 3.63) is 30.3 Å². The van der Waals surface area contributed by atoms with Gasteiger partial charge in [0, 0.05) is 39.3 Å². The fourth-order valence-corrected chi connectivity index (χ4v) is 3.74. The molecule has 0 aromatic heterocycles. The van der Waals surface area contributed by atoms with Crippen molar-refractivity contribution in [2.24, 2.45) is 0 Å². The Bertz CT molecular complexity index is 617. The van der Waals surface area contributed by atoms with Crippen LogP contribution in [-0.4, -0.2) is 85.7 Å². The molecule has 148 valence electrons. The number of carbonyl (C=O) groups excluding carboxylic acids is 2. The highest BCUT2D eigenvalue weighted by Crippen LogP contribution is 2.20. The number of rotatable bonds is 5. The maximum absolute atomic E-state index is 12.9. The SMILES string of the molecule is COC(=O)N1CCCCC1C(=O)N1CCN(CCOc2ccccc2)CC1. The van der Waals surface area contributed by atoms with Crippen LogP contribution in [0.5, 0.6) is 5.75 Å². The summed E-state index contributed by atoms with van der Waals surface area (Å²) in [5.41, 5.74) is 0. The first-order valence-electron chi connectivity index (χ1n) is 9.72. The molecule has 0 N–H and O–H groups in total. The number of para-hydroxylation sites is 1. The highest BCUT2D eigenvalue weighted by molar-refractivity contribution is 5.86. The Balaban J connectivity index is 1.44. The van der Waals surface area contributed by atoms with Crippen LogP contribution in [0.1, 0.15) is 19.3 Å². The number of piperidine rings is 1. The summed E-state index contributed by atoms with van der Waals surface area (Å²) < 4.78 is 10.6. The molecule has 1 atom stereocenters. The summed E-state index contributed by atoms with van der Waals surface area (Å²) in [7, 11) is 1.37. The van der Waals surface area contributed by atoms with Crippen LogP contribution in [0.25, 0.3) is 0 Å². The second kappa shape index (κ2) is 9.60. The zero-order chi connectivity index (χ0) is 19.1. The predicted molar refractivity (Wildman–Crippen MR) is 102 cm³/mol. The lowest BCUT2D eigenvalue weighted by molar-refractivity contribution is -0.139. The summed E-state index contributed by atoms with van der Waals surface area (Å²) in [4.78, 5) is 30.7. The molecule has 3 rings (SSSR count). The molecule has 2 saturated heterocycles. The normalized spacial score (nSPS) is 21.0. The van der Waals surface area contributed by atoms with Crippen molar-refractivity contribution in [3.8, 4) is 5.75 Å². The van der Waals surface area contributed by atoms with Crippen molar-refractivity contribution in [1.29, 1.82) is 0 Å². The van der Waals surface area contributed by atoms with Crippen LogP contribution in [0.4, 0.5) is 4.79 Å². The third-order valence-electron chi connectivity index (χ3n) is 5.30. The van der Waals surface area contributed by atoms with Crippen LogP contribution in [0.15, 0.2) is 30.3 Å². The highest BCUT2D eigenvalue weighted by Gasteiger charge is 2.36. The minimum Gasteiger partial charge on any atom is -0.492 e. The van der Waals surface area contributed by atoms with Gasteiger partial charge in [-0.2, -0.15) is 0 Å². The number of hydrogen-bond donors (Lipinski definition) is 0. The van der Waals surface area contributed by atoms with E-state index in [4.69, 9.17) is 9.47 Å². The molecule has 2 amide bonds. The smallest absolute Gasteiger partial charge is 0.410 e. The van der Waals surface area contributed by atoms with E-state index < -0.39 is 6.09 Å². The van der Waals surface area contributed by atoms with Gasteiger partial charge in [0.2, 0.25) is 5.91 Å². The zero-order valence-corrected chi connectivity index (χ0v) is 16.0. The van der Waals surface area contributed by atoms with E-state index in [1.807, 2.05) is 35.2 Å². The fourth-order valence-electron chi connectivity index (χ4n) is 3.74. The number of nitrogens with zero attached hydrogens (tertiary/aromatic N) is 3. The van der Waals surface area contributed by atoms with Gasteiger partial charge in [-0.25, -0.2) is 4.79 Å². The summed E-state index contributed by atoms with van der Waals surface area (Å²) in [6, 6.07) is 9.42. The van der Waals surface area contributed by atoms with Crippen LogP contribution in [-0.2, 0) is 9.53 Å². The molecular formula is C20H29N3O4. The molecule has 7 nitrogen and oxygen atoms in total. The third kappa shape index (κ3) is 5.13. The molecule has 2 heterocycles. The Hall–Kier alpha value is -2.28. The molecule has 0 bridgehead atoms. The molecule has 1 aromatic carbocycles. The zero-order valence-electron chi connectivity index (χ0n) is 16.0. The molecule has 1 aromatic rings. The average molecular weight is 375 g/mol. The van der Waals surface area contributed by atoms with Crippen LogP contribution < -0.4 is 4.74 Å². The molecule has 27 heavy (non-hydrogen) atoms. The van der Waals surface area contributed by atoms with Gasteiger partial charge in [-0.3, -0.25) is 14.6 Å². The largest absolute Gasteiger partial charge is 0.492 e. The monoisotopic (exact) mass is 375 g/mol. The second-order valence-electron chi connectivity index (χ2n) is 7.00. The van der Waals surface area contributed by atoms with Gasteiger partial charge >= 0.3 is 6.09 Å². The van der Waals surface area contributed by atoms with Gasteiger partial charge in [0.05, 0.1) is 7.11 Å². The quantitative estimate of drug-likeness (QED) is 0.786. The maximum atomic E-state index is 12.9. The topological polar surface area (TPSA) is 62.3 Å². The van der Waals surface area contributed by atoms with Crippen LogP contribution in [0.3, 0.4) is 0 Å². The minimum absolute atomic E-state index is 0.0558. The lowest BCUT2D eigenvalue weighted by Crippen LogP contribution is -2.57. The van der Waals surface area contributed by atoms with Crippen LogP contribution in [0.2, 0.25) is 0 Å². The average Bonchev–Trinajstić information content (AvgIpc) is 2.74. The molecule has 0 saturated carbocycles. The molecule has 2 aliphatic rings. The first-order valence-corrected chi connectivity index (χ1v) is 9.72.